The van der Waals surface area contributed by atoms with Gasteiger partial charge in [-0.3, -0.25) is 19.2 Å². The van der Waals surface area contributed by atoms with Gasteiger partial charge in [0.1, 0.15) is 23.7 Å². The van der Waals surface area contributed by atoms with Crippen molar-refractivity contribution in [1.29, 1.82) is 0 Å². The van der Waals surface area contributed by atoms with Gasteiger partial charge in [0.05, 0.1) is 5.92 Å². The van der Waals surface area contributed by atoms with Crippen LogP contribution >= 0.6 is 0 Å². The van der Waals surface area contributed by atoms with Crippen LogP contribution < -0.4 is 16.0 Å². The number of hydrogen-bond acceptors (Lipinski definition) is 6. The smallest absolute Gasteiger partial charge is 0.330 e. The van der Waals surface area contributed by atoms with Gasteiger partial charge in [-0.25, -0.2) is 4.79 Å². The van der Waals surface area contributed by atoms with Gasteiger partial charge in [-0.05, 0) is 87.1 Å². The molecule has 7 atom stereocenters. The number of carboxylic acids is 1. The maximum atomic E-state index is 14.9. The molecule has 0 aromatic carbocycles. The van der Waals surface area contributed by atoms with E-state index in [2.05, 4.69) is 41.3 Å². The summed E-state index contributed by atoms with van der Waals surface area (Å²) in [6.45, 7) is 16.0. The molecule has 4 aliphatic carbocycles. The molecule has 6 aliphatic rings. The molecule has 0 bridgehead atoms. The van der Waals surface area contributed by atoms with Crippen molar-refractivity contribution in [2.45, 2.75) is 135 Å². The Bertz CT molecular complexity index is 1410. The number of amides is 4. The summed E-state index contributed by atoms with van der Waals surface area (Å²) in [5.41, 5.74) is -2.41. The maximum absolute atomic E-state index is 14.9. The minimum atomic E-state index is -1.41. The molecule has 4 amide bonds. The lowest BCUT2D eigenvalue weighted by Crippen LogP contribution is -2.62. The molecule has 2 saturated heterocycles. The Labute approximate surface area is 298 Å². The number of aliphatic carboxylic acids is 1. The van der Waals surface area contributed by atoms with Gasteiger partial charge in [-0.2, -0.15) is 0 Å². The zero-order valence-corrected chi connectivity index (χ0v) is 31.2. The molecule has 2 spiro atoms. The topological polar surface area (TPSA) is 148 Å². The van der Waals surface area contributed by atoms with Crippen LogP contribution in [0.4, 0.5) is 0 Å². The highest BCUT2D eigenvalue weighted by atomic mass is 16.4. The molecule has 0 aromatic heterocycles. The Balaban J connectivity index is 1.27. The summed E-state index contributed by atoms with van der Waals surface area (Å²) in [4.78, 5) is 73.3. The molecule has 2 aliphatic heterocycles. The monoisotopic (exact) mass is 695 g/mol. The fourth-order valence-corrected chi connectivity index (χ4v) is 10.9. The van der Waals surface area contributed by atoms with E-state index in [4.69, 9.17) is 0 Å². The van der Waals surface area contributed by atoms with Crippen molar-refractivity contribution in [3.8, 4) is 0 Å². The molecular formula is C39H61N5O6. The van der Waals surface area contributed by atoms with Crippen LogP contribution in [-0.2, 0) is 24.0 Å². The minimum Gasteiger partial charge on any atom is -0.479 e. The summed E-state index contributed by atoms with van der Waals surface area (Å²) in [5, 5.41) is 19.2. The number of carboxylic acid groups (broad SMARTS) is 1. The predicted molar refractivity (Wildman–Crippen MR) is 190 cm³/mol. The number of piperidine rings is 1. The second kappa shape index (κ2) is 12.9. The van der Waals surface area contributed by atoms with E-state index in [0.717, 1.165) is 70.8 Å². The highest BCUT2D eigenvalue weighted by molar-refractivity contribution is 5.97. The zero-order valence-electron chi connectivity index (χ0n) is 31.2. The number of rotatable bonds is 10. The molecule has 0 radical (unpaired) electrons. The Morgan fingerprint density at radius 1 is 0.900 bits per heavy atom. The maximum Gasteiger partial charge on any atom is 0.330 e. The highest BCUT2D eigenvalue weighted by Gasteiger charge is 2.85. The Morgan fingerprint density at radius 2 is 1.58 bits per heavy atom. The summed E-state index contributed by atoms with van der Waals surface area (Å²) in [6, 6.07) is -2.57. The summed E-state index contributed by atoms with van der Waals surface area (Å²) in [6.07, 6.45) is 12.0. The van der Waals surface area contributed by atoms with E-state index < -0.39 is 41.0 Å². The van der Waals surface area contributed by atoms with Crippen LogP contribution in [0.5, 0.6) is 0 Å². The van der Waals surface area contributed by atoms with Crippen molar-refractivity contribution < 1.29 is 29.1 Å². The third kappa shape index (κ3) is 5.87. The van der Waals surface area contributed by atoms with Crippen LogP contribution in [0, 0.1) is 39.4 Å². The predicted octanol–water partition coefficient (Wildman–Crippen LogP) is 3.87. The molecule has 6 rings (SSSR count). The van der Waals surface area contributed by atoms with E-state index in [1.807, 2.05) is 27.8 Å². The van der Waals surface area contributed by atoms with Crippen LogP contribution in [-0.4, -0.2) is 94.9 Å². The summed E-state index contributed by atoms with van der Waals surface area (Å²) in [7, 11) is 2.01. The molecule has 6 fully saturated rings. The average Bonchev–Trinajstić information content (AvgIpc) is 3.77. The van der Waals surface area contributed by atoms with Crippen molar-refractivity contribution in [3.05, 3.63) is 12.7 Å². The number of nitrogens with zero attached hydrogens (tertiary/aromatic N) is 2. The van der Waals surface area contributed by atoms with Crippen molar-refractivity contribution in [2.75, 3.05) is 26.7 Å². The van der Waals surface area contributed by atoms with E-state index >= 15 is 0 Å². The van der Waals surface area contributed by atoms with Gasteiger partial charge in [0.2, 0.25) is 23.6 Å². The first kappa shape index (κ1) is 36.8. The third-order valence-corrected chi connectivity index (χ3v) is 14.5. The fourth-order valence-electron chi connectivity index (χ4n) is 10.9. The molecule has 2 heterocycles. The minimum absolute atomic E-state index is 0.0207. The van der Waals surface area contributed by atoms with Crippen LogP contribution in [0.15, 0.2) is 12.7 Å². The van der Waals surface area contributed by atoms with Crippen molar-refractivity contribution in [3.63, 3.8) is 0 Å². The molecule has 11 heteroatoms. The molecule has 4 N–H and O–H groups in total. The SMILES string of the molecule is C=C[C@@H]1C[C@]1(NC(=O)[C@@H]1C[C@@]2(CN1C(=O)[C@@H](NC(=O)[C@@H](NC(=O)[C@@H]1CCCN(C)C1)C1CCCCC1)C(C)(C)C)C(C)(C)C21CCC1)C(=O)O. The van der Waals surface area contributed by atoms with Crippen LogP contribution in [0.25, 0.3) is 0 Å². The first-order valence-corrected chi connectivity index (χ1v) is 19.2. The van der Waals surface area contributed by atoms with Crippen molar-refractivity contribution in [1.82, 2.24) is 25.8 Å². The zero-order chi connectivity index (χ0) is 36.4. The van der Waals surface area contributed by atoms with Gasteiger partial charge >= 0.3 is 5.97 Å². The molecular weight excluding hydrogens is 634 g/mol. The van der Waals surface area contributed by atoms with Gasteiger partial charge in [-0.1, -0.05) is 66.4 Å². The standard InChI is InChI=1S/C39H61N5O6/c1-8-26-20-39(26,34(49)50)42-31(46)27-21-38(36(5,6)37(38)17-13-18-37)23-44(27)33(48)29(35(2,3)4)41-32(47)28(24-14-10-9-11-15-24)40-30(45)25-16-12-19-43(7)22-25/h8,24-29H,1,9-23H2,2-7H3,(H,40,45)(H,41,47)(H,42,46)(H,49,50)/t25-,26-,27+,28+,29-,38-,39-/m1/s1. The van der Waals surface area contributed by atoms with Gasteiger partial charge in [0.25, 0.3) is 0 Å². The number of hydrogen-bond donors (Lipinski definition) is 4. The lowest BCUT2D eigenvalue weighted by molar-refractivity contribution is -0.147. The van der Waals surface area contributed by atoms with E-state index in [1.165, 1.54) is 0 Å². The number of likely N-dealkylation sites (tertiary alicyclic amines) is 2. The van der Waals surface area contributed by atoms with Crippen LogP contribution in [0.2, 0.25) is 0 Å². The first-order valence-electron chi connectivity index (χ1n) is 19.2. The molecule has 0 aromatic rings. The second-order valence-corrected chi connectivity index (χ2v) is 18.4. The van der Waals surface area contributed by atoms with Gasteiger partial charge in [0.15, 0.2) is 0 Å². The highest BCUT2D eigenvalue weighted by Crippen LogP contribution is 2.88. The summed E-state index contributed by atoms with van der Waals surface area (Å²) in [5.74, 6) is -2.92. The third-order valence-electron chi connectivity index (χ3n) is 14.5. The molecule has 4 saturated carbocycles. The normalized spacial score (nSPS) is 34.3. The lowest BCUT2D eigenvalue weighted by Gasteiger charge is -2.38. The van der Waals surface area contributed by atoms with Gasteiger partial charge in [0, 0.05) is 24.4 Å². The largest absolute Gasteiger partial charge is 0.479 e. The lowest BCUT2D eigenvalue weighted by atomic mass is 9.73. The Morgan fingerprint density at radius 3 is 2.10 bits per heavy atom. The van der Waals surface area contributed by atoms with Crippen LogP contribution in [0.1, 0.15) is 112 Å². The van der Waals surface area contributed by atoms with Gasteiger partial charge < -0.3 is 30.9 Å². The second-order valence-electron chi connectivity index (χ2n) is 18.4. The van der Waals surface area contributed by atoms with E-state index in [1.54, 1.807) is 11.0 Å². The molecule has 50 heavy (non-hydrogen) atoms. The quantitative estimate of drug-likeness (QED) is 0.254. The average molecular weight is 696 g/mol. The number of carbonyl (C=O) groups is 5. The fraction of sp³-hybridized carbons (Fsp3) is 0.821. The summed E-state index contributed by atoms with van der Waals surface area (Å²) >= 11 is 0. The Kier molecular flexibility index (Phi) is 9.52. The first-order chi connectivity index (χ1) is 23.4. The number of fused-ring (bicyclic) bond motifs is 1. The Hall–Kier alpha value is -2.95. The van der Waals surface area contributed by atoms with Crippen LogP contribution in [0.3, 0.4) is 0 Å². The number of nitrogens with one attached hydrogen (secondary N) is 3. The molecule has 11 nitrogen and oxygen atoms in total. The van der Waals surface area contributed by atoms with E-state index in [-0.39, 0.29) is 58.1 Å². The molecule has 0 unspecified atom stereocenters. The van der Waals surface area contributed by atoms with Crippen molar-refractivity contribution in [2.24, 2.45) is 39.4 Å². The van der Waals surface area contributed by atoms with E-state index in [9.17, 15) is 29.1 Å². The van der Waals surface area contributed by atoms with E-state index in [0.29, 0.717) is 19.5 Å². The summed E-state index contributed by atoms with van der Waals surface area (Å²) < 4.78 is 0. The van der Waals surface area contributed by atoms with Gasteiger partial charge in [-0.15, -0.1) is 6.58 Å². The number of carbonyl (C=O) groups excluding carboxylic acids is 4. The van der Waals surface area contributed by atoms with Crippen molar-refractivity contribution >= 4 is 29.6 Å². The molecule has 278 valence electrons.